The second-order valence-electron chi connectivity index (χ2n) is 3.91. The fraction of sp³-hybridized carbons (Fsp3) is 0.545. The zero-order valence-corrected chi connectivity index (χ0v) is 8.74. The molecule has 1 heterocycles. The SMILES string of the molecule is [2H]C([2H])([2H])c1ccc(Cl)nc1C([2H])([2H])C(C)(C)C. The van der Waals surface area contributed by atoms with Crippen molar-refractivity contribution < 1.29 is 6.85 Å². The molecular weight excluding hydrogens is 182 g/mol. The van der Waals surface area contributed by atoms with Gasteiger partial charge in [0.05, 0.1) is 0 Å². The predicted octanol–water partition coefficient (Wildman–Crippen LogP) is 3.63. The fourth-order valence-electron chi connectivity index (χ4n) is 0.886. The molecule has 2 heteroatoms. The van der Waals surface area contributed by atoms with E-state index in [0.717, 1.165) is 0 Å². The van der Waals surface area contributed by atoms with Crippen LogP contribution in [0.3, 0.4) is 0 Å². The first-order valence-corrected chi connectivity index (χ1v) is 4.42. The van der Waals surface area contributed by atoms with Crippen molar-refractivity contribution in [1.29, 1.82) is 0 Å². The van der Waals surface area contributed by atoms with Crippen molar-refractivity contribution in [3.63, 3.8) is 0 Å². The van der Waals surface area contributed by atoms with Gasteiger partial charge >= 0.3 is 0 Å². The van der Waals surface area contributed by atoms with Gasteiger partial charge in [0.25, 0.3) is 0 Å². The molecule has 0 unspecified atom stereocenters. The molecule has 0 saturated carbocycles. The number of nitrogens with zero attached hydrogens (tertiary/aromatic N) is 1. The van der Waals surface area contributed by atoms with Gasteiger partial charge in [0.15, 0.2) is 0 Å². The molecular formula is C11H16ClN. The van der Waals surface area contributed by atoms with E-state index in [4.69, 9.17) is 18.5 Å². The topological polar surface area (TPSA) is 12.9 Å². The fourth-order valence-corrected chi connectivity index (χ4v) is 1.03. The Balaban J connectivity index is 3.53. The quantitative estimate of drug-likeness (QED) is 0.634. The molecule has 0 bridgehead atoms. The Labute approximate surface area is 92.2 Å². The number of aryl methyl sites for hydroxylation is 1. The lowest BCUT2D eigenvalue weighted by molar-refractivity contribution is 0.405. The summed E-state index contributed by atoms with van der Waals surface area (Å²) in [6.07, 6.45) is -1.89. The highest BCUT2D eigenvalue weighted by Gasteiger charge is 2.13. The molecule has 0 aliphatic heterocycles. The van der Waals surface area contributed by atoms with Crippen molar-refractivity contribution in [1.82, 2.24) is 4.98 Å². The summed E-state index contributed by atoms with van der Waals surface area (Å²) in [5.41, 5.74) is -0.987. The van der Waals surface area contributed by atoms with Crippen molar-refractivity contribution in [2.45, 2.75) is 34.0 Å². The first-order valence-electron chi connectivity index (χ1n) is 6.55. The summed E-state index contributed by atoms with van der Waals surface area (Å²) in [5, 5.41) is 0.0890. The summed E-state index contributed by atoms with van der Waals surface area (Å²) in [6, 6.07) is 2.69. The number of pyridine rings is 1. The second-order valence-corrected chi connectivity index (χ2v) is 4.29. The van der Waals surface area contributed by atoms with E-state index < -0.39 is 18.6 Å². The number of aromatic nitrogens is 1. The third-order valence-electron chi connectivity index (χ3n) is 1.35. The Morgan fingerprint density at radius 1 is 1.54 bits per heavy atom. The van der Waals surface area contributed by atoms with Crippen molar-refractivity contribution in [2.24, 2.45) is 5.41 Å². The Morgan fingerprint density at radius 3 is 2.77 bits per heavy atom. The van der Waals surface area contributed by atoms with Crippen molar-refractivity contribution in [3.05, 3.63) is 28.5 Å². The Hall–Kier alpha value is -0.560. The lowest BCUT2D eigenvalue weighted by Gasteiger charge is -2.18. The van der Waals surface area contributed by atoms with Gasteiger partial charge in [-0.1, -0.05) is 38.4 Å². The summed E-state index contributed by atoms with van der Waals surface area (Å²) < 4.78 is 38.6. The monoisotopic (exact) mass is 202 g/mol. The molecule has 0 saturated heterocycles. The zero-order chi connectivity index (χ0) is 14.4. The molecule has 72 valence electrons. The van der Waals surface area contributed by atoms with Crippen LogP contribution in [-0.2, 0) is 6.37 Å². The maximum absolute atomic E-state index is 8.13. The van der Waals surface area contributed by atoms with Gasteiger partial charge in [-0.15, -0.1) is 0 Å². The molecule has 0 N–H and O–H groups in total. The van der Waals surface area contributed by atoms with Gasteiger partial charge in [0.2, 0.25) is 0 Å². The molecule has 0 spiro atoms. The van der Waals surface area contributed by atoms with Crippen LogP contribution in [0.2, 0.25) is 5.15 Å². The third-order valence-corrected chi connectivity index (χ3v) is 1.57. The largest absolute Gasteiger partial charge is 0.241 e. The molecule has 1 aromatic heterocycles. The van der Waals surface area contributed by atoms with Gasteiger partial charge in [-0.2, -0.15) is 0 Å². The van der Waals surface area contributed by atoms with Crippen LogP contribution in [-0.4, -0.2) is 4.98 Å². The summed E-state index contributed by atoms with van der Waals surface area (Å²) in [5.74, 6) is 0. The van der Waals surface area contributed by atoms with Crippen LogP contribution in [0.25, 0.3) is 0 Å². The minimum atomic E-state index is -2.41. The van der Waals surface area contributed by atoms with Gasteiger partial charge in [-0.05, 0) is 30.3 Å². The molecule has 0 aliphatic rings. The van der Waals surface area contributed by atoms with Gasteiger partial charge in [0.1, 0.15) is 5.15 Å². The minimum Gasteiger partial charge on any atom is -0.241 e. The molecule has 13 heavy (non-hydrogen) atoms. The third kappa shape index (κ3) is 3.35. The highest BCUT2D eigenvalue weighted by molar-refractivity contribution is 6.29. The maximum Gasteiger partial charge on any atom is 0.129 e. The minimum absolute atomic E-state index is 0.0890. The standard InChI is InChI=1S/C11H16ClN/c1-8-5-6-10(12)13-9(8)7-11(2,3)4/h5-6H,7H2,1-4H3/i1D3,7D2. The molecule has 0 atom stereocenters. The van der Waals surface area contributed by atoms with E-state index in [1.807, 2.05) is 0 Å². The van der Waals surface area contributed by atoms with Gasteiger partial charge < -0.3 is 0 Å². The summed E-state index contributed by atoms with van der Waals surface area (Å²) in [4.78, 5) is 3.91. The maximum atomic E-state index is 8.13. The number of hydrogen-bond donors (Lipinski definition) is 0. The summed E-state index contributed by atoms with van der Waals surface area (Å²) in [6.45, 7) is 2.67. The first kappa shape index (κ1) is 5.35. The van der Waals surface area contributed by atoms with Crippen molar-refractivity contribution >= 4 is 11.6 Å². The number of halogens is 1. The normalized spacial score (nSPS) is 19.5. The molecule has 1 rings (SSSR count). The van der Waals surface area contributed by atoms with Crippen LogP contribution in [0.5, 0.6) is 0 Å². The van der Waals surface area contributed by atoms with Crippen LogP contribution in [0.15, 0.2) is 12.1 Å². The van der Waals surface area contributed by atoms with E-state index in [9.17, 15) is 0 Å². The Kier molecular flexibility index (Phi) is 1.51. The van der Waals surface area contributed by atoms with Crippen LogP contribution >= 0.6 is 11.6 Å². The number of hydrogen-bond acceptors (Lipinski definition) is 1. The van der Waals surface area contributed by atoms with Gasteiger partial charge in [-0.3, -0.25) is 0 Å². The Morgan fingerprint density at radius 2 is 2.23 bits per heavy atom. The van der Waals surface area contributed by atoms with E-state index in [0.29, 0.717) is 0 Å². The lowest BCUT2D eigenvalue weighted by atomic mass is 9.89. The van der Waals surface area contributed by atoms with Crippen LogP contribution in [0, 0.1) is 12.3 Å². The predicted molar refractivity (Wildman–Crippen MR) is 57.1 cm³/mol. The van der Waals surface area contributed by atoms with Crippen LogP contribution < -0.4 is 0 Å². The van der Waals surface area contributed by atoms with E-state index in [-0.39, 0.29) is 16.4 Å². The molecule has 1 aromatic rings. The smallest absolute Gasteiger partial charge is 0.129 e. The van der Waals surface area contributed by atoms with Gasteiger partial charge in [-0.25, -0.2) is 4.98 Å². The average Bonchev–Trinajstić information content (AvgIpc) is 2.13. The molecule has 0 aromatic carbocycles. The molecule has 1 nitrogen and oxygen atoms in total. The second kappa shape index (κ2) is 3.67. The van der Waals surface area contributed by atoms with Crippen LogP contribution in [0.4, 0.5) is 0 Å². The molecule has 0 aliphatic carbocycles. The highest BCUT2D eigenvalue weighted by atomic mass is 35.5. The Bertz CT molecular complexity index is 448. The highest BCUT2D eigenvalue weighted by Crippen LogP contribution is 2.22. The van der Waals surface area contributed by atoms with Crippen LogP contribution in [0.1, 0.15) is 38.9 Å². The first-order chi connectivity index (χ1) is 7.87. The van der Waals surface area contributed by atoms with E-state index in [1.165, 1.54) is 12.1 Å². The van der Waals surface area contributed by atoms with E-state index in [1.54, 1.807) is 20.8 Å². The summed E-state index contributed by atoms with van der Waals surface area (Å²) in [7, 11) is 0. The molecule has 0 radical (unpaired) electrons. The summed E-state index contributed by atoms with van der Waals surface area (Å²) >= 11 is 5.76. The molecule has 0 fully saturated rings. The van der Waals surface area contributed by atoms with Gasteiger partial charge in [0, 0.05) is 12.5 Å². The lowest BCUT2D eigenvalue weighted by Crippen LogP contribution is -2.11. The number of rotatable bonds is 1. The zero-order valence-electron chi connectivity index (χ0n) is 13.0. The van der Waals surface area contributed by atoms with E-state index in [2.05, 4.69) is 4.98 Å². The van der Waals surface area contributed by atoms with Crippen molar-refractivity contribution in [3.8, 4) is 0 Å². The molecule has 0 amide bonds. The van der Waals surface area contributed by atoms with Crippen molar-refractivity contribution in [2.75, 3.05) is 0 Å². The average molecular weight is 203 g/mol. The van der Waals surface area contributed by atoms with E-state index >= 15 is 0 Å².